The first-order valence-electron chi connectivity index (χ1n) is 5.22. The number of halogens is 2. The summed E-state index contributed by atoms with van der Waals surface area (Å²) in [5.74, 6) is -1.52. The average Bonchev–Trinajstić information content (AvgIpc) is 2.16. The largest absolute Gasteiger partial charge is 0.388 e. The molecule has 3 nitrogen and oxygen atoms in total. The van der Waals surface area contributed by atoms with Crippen molar-refractivity contribution in [3.63, 3.8) is 0 Å². The van der Waals surface area contributed by atoms with Crippen LogP contribution >= 0.6 is 0 Å². The molecule has 0 fully saturated rings. The van der Waals surface area contributed by atoms with Gasteiger partial charge in [0.2, 0.25) is 0 Å². The van der Waals surface area contributed by atoms with Gasteiger partial charge in [0.25, 0.3) is 0 Å². The lowest BCUT2D eigenvalue weighted by Gasteiger charge is -2.23. The van der Waals surface area contributed by atoms with E-state index in [4.69, 9.17) is 0 Å². The van der Waals surface area contributed by atoms with E-state index in [2.05, 4.69) is 10.3 Å². The highest BCUT2D eigenvalue weighted by atomic mass is 19.1. The standard InChI is InChI=1S/C11H16F2N2O/c1-3-4-11(2,16)7-15-10-9(13)5-8(12)6-14-10/h5-6,16H,3-4,7H2,1-2H3,(H,14,15). The van der Waals surface area contributed by atoms with Crippen LogP contribution in [0.3, 0.4) is 0 Å². The van der Waals surface area contributed by atoms with E-state index in [9.17, 15) is 13.9 Å². The number of nitrogens with zero attached hydrogens (tertiary/aromatic N) is 1. The maximum Gasteiger partial charge on any atom is 0.168 e. The predicted octanol–water partition coefficient (Wildman–Crippen LogP) is 2.32. The first kappa shape index (κ1) is 12.8. The summed E-state index contributed by atoms with van der Waals surface area (Å²) in [5, 5.41) is 12.5. The second-order valence-corrected chi connectivity index (χ2v) is 4.08. The van der Waals surface area contributed by atoms with Crippen LogP contribution in [0.1, 0.15) is 26.7 Å². The average molecular weight is 230 g/mol. The summed E-state index contributed by atoms with van der Waals surface area (Å²) in [6.07, 6.45) is 2.36. The zero-order chi connectivity index (χ0) is 12.2. The van der Waals surface area contributed by atoms with Crippen molar-refractivity contribution in [2.24, 2.45) is 0 Å². The number of aliphatic hydroxyl groups is 1. The van der Waals surface area contributed by atoms with E-state index < -0.39 is 17.2 Å². The highest BCUT2D eigenvalue weighted by molar-refractivity contribution is 5.36. The molecule has 0 aromatic carbocycles. The minimum absolute atomic E-state index is 0.0437. The van der Waals surface area contributed by atoms with Gasteiger partial charge in [-0.25, -0.2) is 13.8 Å². The van der Waals surface area contributed by atoms with E-state index in [1.165, 1.54) is 0 Å². The lowest BCUT2D eigenvalue weighted by molar-refractivity contribution is 0.0635. The topological polar surface area (TPSA) is 45.1 Å². The van der Waals surface area contributed by atoms with Crippen LogP contribution in [0.5, 0.6) is 0 Å². The fraction of sp³-hybridized carbons (Fsp3) is 0.545. The van der Waals surface area contributed by atoms with E-state index in [0.29, 0.717) is 6.42 Å². The third kappa shape index (κ3) is 3.73. The van der Waals surface area contributed by atoms with Gasteiger partial charge < -0.3 is 10.4 Å². The fourth-order valence-electron chi connectivity index (χ4n) is 1.45. The predicted molar refractivity (Wildman–Crippen MR) is 58.2 cm³/mol. The fourth-order valence-corrected chi connectivity index (χ4v) is 1.45. The third-order valence-corrected chi connectivity index (χ3v) is 2.23. The molecule has 16 heavy (non-hydrogen) atoms. The van der Waals surface area contributed by atoms with Crippen LogP contribution in [-0.4, -0.2) is 22.2 Å². The Morgan fingerprint density at radius 1 is 1.50 bits per heavy atom. The number of pyridine rings is 1. The van der Waals surface area contributed by atoms with Crippen molar-refractivity contribution in [2.75, 3.05) is 11.9 Å². The quantitative estimate of drug-likeness (QED) is 0.816. The van der Waals surface area contributed by atoms with Gasteiger partial charge in [0, 0.05) is 12.6 Å². The minimum Gasteiger partial charge on any atom is -0.388 e. The molecule has 1 aromatic rings. The maximum atomic E-state index is 13.2. The number of aromatic nitrogens is 1. The van der Waals surface area contributed by atoms with Gasteiger partial charge in [-0.2, -0.15) is 0 Å². The van der Waals surface area contributed by atoms with Gasteiger partial charge in [0.05, 0.1) is 11.8 Å². The molecule has 0 aliphatic heterocycles. The van der Waals surface area contributed by atoms with E-state index in [1.54, 1.807) is 6.92 Å². The molecule has 0 saturated heterocycles. The van der Waals surface area contributed by atoms with Gasteiger partial charge in [-0.1, -0.05) is 13.3 Å². The molecule has 0 radical (unpaired) electrons. The second kappa shape index (κ2) is 5.21. The Morgan fingerprint density at radius 2 is 2.19 bits per heavy atom. The molecule has 0 amide bonds. The van der Waals surface area contributed by atoms with Crippen molar-refractivity contribution in [1.82, 2.24) is 4.98 Å². The van der Waals surface area contributed by atoms with Gasteiger partial charge in [-0.3, -0.25) is 0 Å². The summed E-state index contributed by atoms with van der Waals surface area (Å²) in [4.78, 5) is 3.57. The summed E-state index contributed by atoms with van der Waals surface area (Å²) in [7, 11) is 0. The normalized spacial score (nSPS) is 14.6. The molecule has 1 heterocycles. The Labute approximate surface area is 93.5 Å². The summed E-state index contributed by atoms with van der Waals surface area (Å²) >= 11 is 0. The summed E-state index contributed by atoms with van der Waals surface area (Å²) in [6.45, 7) is 3.78. The zero-order valence-corrected chi connectivity index (χ0v) is 9.43. The summed E-state index contributed by atoms with van der Waals surface area (Å²) < 4.78 is 25.7. The lowest BCUT2D eigenvalue weighted by atomic mass is 10.0. The number of rotatable bonds is 5. The minimum atomic E-state index is -0.919. The smallest absolute Gasteiger partial charge is 0.168 e. The van der Waals surface area contributed by atoms with Crippen LogP contribution in [0.4, 0.5) is 14.6 Å². The van der Waals surface area contributed by atoms with Crippen LogP contribution in [0, 0.1) is 11.6 Å². The maximum absolute atomic E-state index is 13.2. The first-order valence-corrected chi connectivity index (χ1v) is 5.22. The monoisotopic (exact) mass is 230 g/mol. The second-order valence-electron chi connectivity index (χ2n) is 4.08. The molecule has 0 aliphatic rings. The van der Waals surface area contributed by atoms with Gasteiger partial charge in [0.1, 0.15) is 5.82 Å². The van der Waals surface area contributed by atoms with E-state index >= 15 is 0 Å². The molecule has 1 unspecified atom stereocenters. The highest BCUT2D eigenvalue weighted by Crippen LogP contribution is 2.15. The Balaban J connectivity index is 2.61. The van der Waals surface area contributed by atoms with Crippen molar-refractivity contribution in [1.29, 1.82) is 0 Å². The van der Waals surface area contributed by atoms with Crippen molar-refractivity contribution in [3.05, 3.63) is 23.9 Å². The number of nitrogens with one attached hydrogen (secondary N) is 1. The van der Waals surface area contributed by atoms with E-state index in [-0.39, 0.29) is 12.4 Å². The van der Waals surface area contributed by atoms with Crippen molar-refractivity contribution >= 4 is 5.82 Å². The van der Waals surface area contributed by atoms with Crippen LogP contribution < -0.4 is 5.32 Å². The van der Waals surface area contributed by atoms with Crippen LogP contribution in [0.15, 0.2) is 12.3 Å². The molecule has 0 spiro atoms. The van der Waals surface area contributed by atoms with Crippen LogP contribution in [0.25, 0.3) is 0 Å². The van der Waals surface area contributed by atoms with Gasteiger partial charge in [-0.15, -0.1) is 0 Å². The Hall–Kier alpha value is -1.23. The van der Waals surface area contributed by atoms with Crippen molar-refractivity contribution in [3.8, 4) is 0 Å². The molecule has 1 aromatic heterocycles. The van der Waals surface area contributed by atoms with E-state index in [1.807, 2.05) is 6.92 Å². The lowest BCUT2D eigenvalue weighted by Crippen LogP contribution is -2.33. The molecule has 5 heteroatoms. The molecule has 2 N–H and O–H groups in total. The van der Waals surface area contributed by atoms with Crippen LogP contribution in [0.2, 0.25) is 0 Å². The zero-order valence-electron chi connectivity index (χ0n) is 9.43. The van der Waals surface area contributed by atoms with Gasteiger partial charge in [0.15, 0.2) is 11.6 Å². The van der Waals surface area contributed by atoms with Gasteiger partial charge >= 0.3 is 0 Å². The summed E-state index contributed by atoms with van der Waals surface area (Å²) in [6, 6.07) is 0.754. The molecule has 0 saturated carbocycles. The number of anilines is 1. The van der Waals surface area contributed by atoms with Crippen molar-refractivity contribution < 1.29 is 13.9 Å². The molecular formula is C11H16F2N2O. The number of hydrogen-bond acceptors (Lipinski definition) is 3. The Morgan fingerprint density at radius 3 is 2.75 bits per heavy atom. The molecule has 0 bridgehead atoms. The molecular weight excluding hydrogens is 214 g/mol. The van der Waals surface area contributed by atoms with Gasteiger partial charge in [-0.05, 0) is 13.3 Å². The van der Waals surface area contributed by atoms with Crippen molar-refractivity contribution in [2.45, 2.75) is 32.3 Å². The molecule has 0 aliphatic carbocycles. The summed E-state index contributed by atoms with van der Waals surface area (Å²) in [5.41, 5.74) is -0.919. The molecule has 1 atom stereocenters. The third-order valence-electron chi connectivity index (χ3n) is 2.23. The first-order chi connectivity index (χ1) is 7.44. The Kier molecular flexibility index (Phi) is 4.18. The number of hydrogen-bond donors (Lipinski definition) is 2. The van der Waals surface area contributed by atoms with E-state index in [0.717, 1.165) is 18.7 Å². The SMILES string of the molecule is CCCC(C)(O)CNc1ncc(F)cc1F. The Bertz CT molecular complexity index is 356. The van der Waals surface area contributed by atoms with Crippen LogP contribution in [-0.2, 0) is 0 Å². The molecule has 1 rings (SSSR count). The molecule has 90 valence electrons. The highest BCUT2D eigenvalue weighted by Gasteiger charge is 2.19.